The molecule has 0 aliphatic heterocycles. The number of carboxylic acid groups (broad SMARTS) is 1. The average Bonchev–Trinajstić information content (AvgIpc) is 2.44. The van der Waals surface area contributed by atoms with Gasteiger partial charge in [-0.05, 0) is 24.5 Å². The SMILES string of the molecule is CCC(=CS(=O)(=O)NC(=O)NC(C)C(=O)O)c1ccccc1. The number of aliphatic carboxylic acids is 1. The summed E-state index contributed by atoms with van der Waals surface area (Å²) >= 11 is 0. The minimum Gasteiger partial charge on any atom is -0.480 e. The van der Waals surface area contributed by atoms with Crippen LogP contribution in [0, 0.1) is 0 Å². The second-order valence-electron chi connectivity index (χ2n) is 4.54. The second kappa shape index (κ2) is 7.60. The Kier molecular flexibility index (Phi) is 6.11. The number of hydrogen-bond acceptors (Lipinski definition) is 4. The number of nitrogens with one attached hydrogen (secondary N) is 2. The van der Waals surface area contributed by atoms with E-state index in [1.165, 1.54) is 6.92 Å². The molecule has 1 aromatic rings. The average molecular weight is 326 g/mol. The largest absolute Gasteiger partial charge is 0.480 e. The summed E-state index contributed by atoms with van der Waals surface area (Å²) < 4.78 is 25.6. The van der Waals surface area contributed by atoms with Crippen molar-refractivity contribution in [2.45, 2.75) is 26.3 Å². The molecule has 2 amide bonds. The van der Waals surface area contributed by atoms with Gasteiger partial charge < -0.3 is 10.4 Å². The van der Waals surface area contributed by atoms with E-state index in [9.17, 15) is 18.0 Å². The predicted octanol–water partition coefficient (Wildman–Crippen LogP) is 1.54. The molecule has 7 nitrogen and oxygen atoms in total. The number of hydrogen-bond donors (Lipinski definition) is 3. The molecule has 0 aliphatic rings. The lowest BCUT2D eigenvalue weighted by atomic mass is 10.1. The van der Waals surface area contributed by atoms with E-state index in [1.54, 1.807) is 35.9 Å². The summed E-state index contributed by atoms with van der Waals surface area (Å²) in [6, 6.07) is 6.60. The van der Waals surface area contributed by atoms with Crippen LogP contribution in [0.4, 0.5) is 4.79 Å². The van der Waals surface area contributed by atoms with Gasteiger partial charge in [-0.15, -0.1) is 0 Å². The van der Waals surface area contributed by atoms with Gasteiger partial charge in [0.05, 0.1) is 5.41 Å². The molecule has 0 bridgehead atoms. The molecular formula is C14H18N2O5S. The maximum atomic E-state index is 11.9. The van der Waals surface area contributed by atoms with Gasteiger partial charge in [-0.1, -0.05) is 37.3 Å². The molecule has 22 heavy (non-hydrogen) atoms. The van der Waals surface area contributed by atoms with Crippen molar-refractivity contribution in [3.8, 4) is 0 Å². The number of carbonyl (C=O) groups excluding carboxylic acids is 1. The Morgan fingerprint density at radius 3 is 2.36 bits per heavy atom. The van der Waals surface area contributed by atoms with Crippen molar-refractivity contribution >= 4 is 27.6 Å². The van der Waals surface area contributed by atoms with Crippen molar-refractivity contribution < 1.29 is 23.1 Å². The molecule has 0 spiro atoms. The first-order valence-electron chi connectivity index (χ1n) is 6.57. The fourth-order valence-electron chi connectivity index (χ4n) is 1.64. The van der Waals surface area contributed by atoms with Gasteiger partial charge in [-0.2, -0.15) is 0 Å². The van der Waals surface area contributed by atoms with Crippen LogP contribution in [0.5, 0.6) is 0 Å². The van der Waals surface area contributed by atoms with Gasteiger partial charge >= 0.3 is 12.0 Å². The second-order valence-corrected chi connectivity index (χ2v) is 6.07. The number of sulfonamides is 1. The number of amides is 2. The third-order valence-electron chi connectivity index (χ3n) is 2.78. The van der Waals surface area contributed by atoms with E-state index in [0.717, 1.165) is 11.0 Å². The van der Waals surface area contributed by atoms with Gasteiger partial charge in [0.15, 0.2) is 0 Å². The van der Waals surface area contributed by atoms with Crippen LogP contribution in [0.3, 0.4) is 0 Å². The van der Waals surface area contributed by atoms with Gasteiger partial charge in [-0.3, -0.25) is 4.79 Å². The molecule has 0 fully saturated rings. The molecule has 0 saturated carbocycles. The normalized spacial score (nSPS) is 13.3. The number of rotatable bonds is 6. The summed E-state index contributed by atoms with van der Waals surface area (Å²) in [5.74, 6) is -1.26. The molecule has 0 aliphatic carbocycles. The molecule has 3 N–H and O–H groups in total. The van der Waals surface area contributed by atoms with Crippen LogP contribution in [0.2, 0.25) is 0 Å². The van der Waals surface area contributed by atoms with Crippen LogP contribution in [0.25, 0.3) is 5.57 Å². The Bertz CT molecular complexity index is 668. The molecule has 8 heteroatoms. The molecule has 1 aromatic carbocycles. The zero-order valence-corrected chi connectivity index (χ0v) is 13.1. The number of allylic oxidation sites excluding steroid dienone is 1. The maximum absolute atomic E-state index is 11.9. The Labute approximate surface area is 129 Å². The third-order valence-corrected chi connectivity index (χ3v) is 3.84. The number of carboxylic acids is 1. The van der Waals surface area contributed by atoms with Crippen molar-refractivity contribution in [1.29, 1.82) is 0 Å². The lowest BCUT2D eigenvalue weighted by molar-refractivity contribution is -0.138. The summed E-state index contributed by atoms with van der Waals surface area (Å²) in [5.41, 5.74) is 1.27. The standard InChI is InChI=1S/C14H18N2O5S/c1-3-11(12-7-5-4-6-8-12)9-22(20,21)16-14(19)15-10(2)13(17)18/h4-10H,3H2,1-2H3,(H,17,18)(H2,15,16,19). The fraction of sp³-hybridized carbons (Fsp3) is 0.286. The van der Waals surface area contributed by atoms with Crippen molar-refractivity contribution in [1.82, 2.24) is 10.0 Å². The van der Waals surface area contributed by atoms with E-state index < -0.39 is 28.1 Å². The highest BCUT2D eigenvalue weighted by molar-refractivity contribution is 7.93. The summed E-state index contributed by atoms with van der Waals surface area (Å²) in [5, 5.41) is 11.6. The molecule has 0 heterocycles. The highest BCUT2D eigenvalue weighted by Gasteiger charge is 2.18. The quantitative estimate of drug-likeness (QED) is 0.734. The minimum atomic E-state index is -4.03. The van der Waals surface area contributed by atoms with E-state index in [0.29, 0.717) is 12.0 Å². The van der Waals surface area contributed by atoms with Gasteiger partial charge in [0.2, 0.25) is 0 Å². The van der Waals surface area contributed by atoms with E-state index in [1.807, 2.05) is 11.4 Å². The molecule has 0 radical (unpaired) electrons. The lowest BCUT2D eigenvalue weighted by Crippen LogP contribution is -2.45. The van der Waals surface area contributed by atoms with Gasteiger partial charge in [0, 0.05) is 0 Å². The molecule has 1 atom stereocenters. The third kappa shape index (κ3) is 5.57. The lowest BCUT2D eigenvalue weighted by Gasteiger charge is -2.10. The monoisotopic (exact) mass is 326 g/mol. The summed E-state index contributed by atoms with van der Waals surface area (Å²) in [7, 11) is -4.03. The topological polar surface area (TPSA) is 113 Å². The first kappa shape index (κ1) is 17.7. The molecule has 1 unspecified atom stereocenters. The summed E-state index contributed by atoms with van der Waals surface area (Å²) in [6.45, 7) is 3.02. The Morgan fingerprint density at radius 1 is 1.27 bits per heavy atom. The Morgan fingerprint density at radius 2 is 1.86 bits per heavy atom. The van der Waals surface area contributed by atoms with Gasteiger partial charge in [0.1, 0.15) is 6.04 Å². The predicted molar refractivity (Wildman–Crippen MR) is 82.4 cm³/mol. The van der Waals surface area contributed by atoms with Crippen molar-refractivity contribution in [3.05, 3.63) is 41.3 Å². The van der Waals surface area contributed by atoms with Crippen LogP contribution in [0.15, 0.2) is 35.7 Å². The van der Waals surface area contributed by atoms with Crippen molar-refractivity contribution in [3.63, 3.8) is 0 Å². The molecule has 0 saturated heterocycles. The van der Waals surface area contributed by atoms with Crippen LogP contribution < -0.4 is 10.0 Å². The maximum Gasteiger partial charge on any atom is 0.329 e. The highest BCUT2D eigenvalue weighted by atomic mass is 32.2. The Balaban J connectivity index is 2.87. The fourth-order valence-corrected chi connectivity index (χ4v) is 2.70. The first-order valence-corrected chi connectivity index (χ1v) is 8.12. The van der Waals surface area contributed by atoms with Crippen molar-refractivity contribution in [2.75, 3.05) is 0 Å². The van der Waals surface area contributed by atoms with Crippen LogP contribution in [-0.2, 0) is 14.8 Å². The number of urea groups is 1. The van der Waals surface area contributed by atoms with Gasteiger partial charge in [0.25, 0.3) is 10.0 Å². The molecular weight excluding hydrogens is 308 g/mol. The number of carbonyl (C=O) groups is 2. The molecule has 1 rings (SSSR count). The van der Waals surface area contributed by atoms with Crippen molar-refractivity contribution in [2.24, 2.45) is 0 Å². The molecule has 0 aromatic heterocycles. The highest BCUT2D eigenvalue weighted by Crippen LogP contribution is 2.18. The van der Waals surface area contributed by atoms with E-state index in [4.69, 9.17) is 5.11 Å². The molecule has 120 valence electrons. The summed E-state index contributed by atoms with van der Waals surface area (Å²) in [4.78, 5) is 22.1. The Hall–Kier alpha value is -2.35. The number of benzene rings is 1. The first-order chi connectivity index (χ1) is 10.2. The van der Waals surface area contributed by atoms with Crippen LogP contribution in [-0.4, -0.2) is 31.6 Å². The zero-order chi connectivity index (χ0) is 16.8. The summed E-state index contributed by atoms with van der Waals surface area (Å²) in [6.07, 6.45) is 0.456. The zero-order valence-electron chi connectivity index (χ0n) is 12.2. The van der Waals surface area contributed by atoms with E-state index in [2.05, 4.69) is 0 Å². The van der Waals surface area contributed by atoms with Crippen LogP contribution >= 0.6 is 0 Å². The van der Waals surface area contributed by atoms with E-state index in [-0.39, 0.29) is 0 Å². The van der Waals surface area contributed by atoms with Gasteiger partial charge in [-0.25, -0.2) is 17.9 Å². The van der Waals surface area contributed by atoms with Crippen LogP contribution in [0.1, 0.15) is 25.8 Å². The smallest absolute Gasteiger partial charge is 0.329 e. The minimum absolute atomic E-state index is 0.456. The van der Waals surface area contributed by atoms with E-state index >= 15 is 0 Å².